The van der Waals surface area contributed by atoms with Crippen molar-refractivity contribution in [1.29, 1.82) is 0 Å². The third-order valence-corrected chi connectivity index (χ3v) is 2.09. The van der Waals surface area contributed by atoms with E-state index in [1.165, 1.54) is 6.07 Å². The lowest BCUT2D eigenvalue weighted by molar-refractivity contribution is 0.111. The van der Waals surface area contributed by atoms with Crippen LogP contribution < -0.4 is 4.74 Å². The third-order valence-electron chi connectivity index (χ3n) is 1.48. The standard InChI is InChI=1S/C9H8BrFO2/c1-2-13-9-4-7(10)8(11)3-6(9)5-12/h3-5H,2H2,1H3. The highest BCUT2D eigenvalue weighted by molar-refractivity contribution is 9.10. The minimum atomic E-state index is -0.467. The molecule has 1 aromatic rings. The minimum Gasteiger partial charge on any atom is -0.493 e. The van der Waals surface area contributed by atoms with Crippen LogP contribution in [0.2, 0.25) is 0 Å². The van der Waals surface area contributed by atoms with Crippen LogP contribution in [0.5, 0.6) is 5.75 Å². The molecule has 0 saturated carbocycles. The van der Waals surface area contributed by atoms with E-state index in [1.54, 1.807) is 6.92 Å². The second-order valence-corrected chi connectivity index (χ2v) is 3.21. The lowest BCUT2D eigenvalue weighted by Gasteiger charge is -2.06. The predicted molar refractivity (Wildman–Crippen MR) is 50.7 cm³/mol. The fraction of sp³-hybridized carbons (Fsp3) is 0.222. The molecule has 1 rings (SSSR count). The van der Waals surface area contributed by atoms with E-state index in [9.17, 15) is 9.18 Å². The number of hydrogen-bond acceptors (Lipinski definition) is 2. The van der Waals surface area contributed by atoms with Crippen LogP contribution in [0.1, 0.15) is 17.3 Å². The van der Waals surface area contributed by atoms with Crippen molar-refractivity contribution in [3.63, 3.8) is 0 Å². The summed E-state index contributed by atoms with van der Waals surface area (Å²) in [6.07, 6.45) is 0.570. The maximum atomic E-state index is 12.9. The Bertz CT molecular complexity index is 326. The quantitative estimate of drug-likeness (QED) is 0.767. The smallest absolute Gasteiger partial charge is 0.153 e. The van der Waals surface area contributed by atoms with Crippen LogP contribution in [0.3, 0.4) is 0 Å². The molecule has 0 aliphatic heterocycles. The Morgan fingerprint density at radius 2 is 2.31 bits per heavy atom. The van der Waals surface area contributed by atoms with Crippen LogP contribution in [0.15, 0.2) is 16.6 Å². The van der Waals surface area contributed by atoms with Gasteiger partial charge in [-0.05, 0) is 35.0 Å². The summed E-state index contributed by atoms with van der Waals surface area (Å²) in [5.41, 5.74) is 0.225. The van der Waals surface area contributed by atoms with Crippen molar-refractivity contribution in [3.05, 3.63) is 28.0 Å². The van der Waals surface area contributed by atoms with Crippen molar-refractivity contribution in [1.82, 2.24) is 0 Å². The van der Waals surface area contributed by atoms with Crippen LogP contribution >= 0.6 is 15.9 Å². The second kappa shape index (κ2) is 4.37. The summed E-state index contributed by atoms with van der Waals surface area (Å²) in [7, 11) is 0. The lowest BCUT2D eigenvalue weighted by Crippen LogP contribution is -1.97. The molecular weight excluding hydrogens is 239 g/mol. The van der Waals surface area contributed by atoms with Crippen molar-refractivity contribution in [2.75, 3.05) is 6.61 Å². The number of halogens is 2. The van der Waals surface area contributed by atoms with Crippen molar-refractivity contribution in [2.24, 2.45) is 0 Å². The molecule has 0 heterocycles. The lowest BCUT2D eigenvalue weighted by atomic mass is 10.2. The highest BCUT2D eigenvalue weighted by Gasteiger charge is 2.07. The number of rotatable bonds is 3. The molecule has 0 radical (unpaired) electrons. The Morgan fingerprint density at radius 1 is 1.62 bits per heavy atom. The summed E-state index contributed by atoms with van der Waals surface area (Å²) in [4.78, 5) is 10.5. The molecule has 0 amide bonds. The van der Waals surface area contributed by atoms with Gasteiger partial charge in [0.1, 0.15) is 11.6 Å². The number of carbonyl (C=O) groups is 1. The van der Waals surface area contributed by atoms with Crippen LogP contribution in [-0.4, -0.2) is 12.9 Å². The normalized spacial score (nSPS) is 9.77. The first-order valence-electron chi connectivity index (χ1n) is 3.76. The van der Waals surface area contributed by atoms with E-state index in [0.29, 0.717) is 23.1 Å². The molecule has 0 N–H and O–H groups in total. The fourth-order valence-electron chi connectivity index (χ4n) is 0.917. The predicted octanol–water partition coefficient (Wildman–Crippen LogP) is 2.80. The molecule has 0 spiro atoms. The summed E-state index contributed by atoms with van der Waals surface area (Å²) in [5, 5.41) is 0. The van der Waals surface area contributed by atoms with Crippen LogP contribution in [0.25, 0.3) is 0 Å². The van der Waals surface area contributed by atoms with Gasteiger partial charge in [-0.25, -0.2) is 4.39 Å². The first kappa shape index (κ1) is 10.2. The molecule has 70 valence electrons. The first-order valence-corrected chi connectivity index (χ1v) is 4.55. The molecule has 1 aromatic carbocycles. The van der Waals surface area contributed by atoms with Gasteiger partial charge in [-0.15, -0.1) is 0 Å². The van der Waals surface area contributed by atoms with E-state index in [2.05, 4.69) is 15.9 Å². The Morgan fingerprint density at radius 3 is 2.85 bits per heavy atom. The molecule has 0 aromatic heterocycles. The molecule has 0 saturated heterocycles. The maximum absolute atomic E-state index is 12.9. The van der Waals surface area contributed by atoms with Crippen LogP contribution in [-0.2, 0) is 0 Å². The van der Waals surface area contributed by atoms with Gasteiger partial charge in [0.15, 0.2) is 6.29 Å². The number of hydrogen-bond donors (Lipinski definition) is 0. The SMILES string of the molecule is CCOc1cc(Br)c(F)cc1C=O. The van der Waals surface area contributed by atoms with Crippen molar-refractivity contribution in [2.45, 2.75) is 6.92 Å². The molecule has 13 heavy (non-hydrogen) atoms. The molecule has 0 bridgehead atoms. The molecular formula is C9H8BrFO2. The van der Waals surface area contributed by atoms with Gasteiger partial charge in [-0.1, -0.05) is 0 Å². The van der Waals surface area contributed by atoms with Gasteiger partial charge >= 0.3 is 0 Å². The summed E-state index contributed by atoms with van der Waals surface area (Å²) < 4.78 is 18.4. The molecule has 0 atom stereocenters. The van der Waals surface area contributed by atoms with E-state index < -0.39 is 5.82 Å². The van der Waals surface area contributed by atoms with E-state index in [0.717, 1.165) is 6.07 Å². The fourth-order valence-corrected chi connectivity index (χ4v) is 1.24. The number of benzene rings is 1. The van der Waals surface area contributed by atoms with Gasteiger partial charge in [-0.2, -0.15) is 0 Å². The van der Waals surface area contributed by atoms with E-state index in [1.807, 2.05) is 0 Å². The van der Waals surface area contributed by atoms with Crippen molar-refractivity contribution >= 4 is 22.2 Å². The topological polar surface area (TPSA) is 26.3 Å². The Labute approximate surface area is 83.8 Å². The van der Waals surface area contributed by atoms with Crippen LogP contribution in [0, 0.1) is 5.82 Å². The zero-order valence-electron chi connectivity index (χ0n) is 7.01. The van der Waals surface area contributed by atoms with Gasteiger partial charge in [0.25, 0.3) is 0 Å². The highest BCUT2D eigenvalue weighted by atomic mass is 79.9. The molecule has 0 aliphatic carbocycles. The summed E-state index contributed by atoms with van der Waals surface area (Å²) >= 11 is 3.01. The monoisotopic (exact) mass is 246 g/mol. The minimum absolute atomic E-state index is 0.225. The zero-order chi connectivity index (χ0) is 9.84. The Kier molecular flexibility index (Phi) is 3.42. The van der Waals surface area contributed by atoms with Crippen LogP contribution in [0.4, 0.5) is 4.39 Å². The van der Waals surface area contributed by atoms with Gasteiger partial charge in [0.2, 0.25) is 0 Å². The van der Waals surface area contributed by atoms with Crippen molar-refractivity contribution in [3.8, 4) is 5.75 Å². The number of aldehydes is 1. The average molecular weight is 247 g/mol. The molecule has 0 aliphatic rings. The zero-order valence-corrected chi connectivity index (χ0v) is 8.60. The van der Waals surface area contributed by atoms with Gasteiger partial charge < -0.3 is 4.74 Å². The molecule has 0 fully saturated rings. The highest BCUT2D eigenvalue weighted by Crippen LogP contribution is 2.25. The Hall–Kier alpha value is -0.900. The van der Waals surface area contributed by atoms with Gasteiger partial charge in [0.05, 0.1) is 16.6 Å². The molecule has 4 heteroatoms. The maximum Gasteiger partial charge on any atom is 0.153 e. The summed E-state index contributed by atoms with van der Waals surface area (Å²) in [6.45, 7) is 2.24. The van der Waals surface area contributed by atoms with Gasteiger partial charge in [0, 0.05) is 0 Å². The third kappa shape index (κ3) is 2.28. The first-order chi connectivity index (χ1) is 6.19. The summed E-state index contributed by atoms with van der Waals surface area (Å²) in [5.74, 6) is -0.0728. The van der Waals surface area contributed by atoms with E-state index in [4.69, 9.17) is 4.74 Å². The van der Waals surface area contributed by atoms with E-state index >= 15 is 0 Å². The average Bonchev–Trinajstić information content (AvgIpc) is 2.11. The second-order valence-electron chi connectivity index (χ2n) is 2.36. The van der Waals surface area contributed by atoms with Crippen molar-refractivity contribution < 1.29 is 13.9 Å². The number of carbonyl (C=O) groups excluding carboxylic acids is 1. The largest absolute Gasteiger partial charge is 0.493 e. The summed E-state index contributed by atoms with van der Waals surface area (Å²) in [6, 6.07) is 2.59. The number of ether oxygens (including phenoxy) is 1. The Balaban J connectivity index is 3.16. The van der Waals surface area contributed by atoms with Gasteiger partial charge in [-0.3, -0.25) is 4.79 Å². The molecule has 2 nitrogen and oxygen atoms in total. The molecule has 0 unspecified atom stereocenters. The van der Waals surface area contributed by atoms with E-state index in [-0.39, 0.29) is 5.56 Å².